The number of nitrogens with zero attached hydrogens (tertiary/aromatic N) is 1. The van der Waals surface area contributed by atoms with Crippen LogP contribution < -0.4 is 0 Å². The Morgan fingerprint density at radius 1 is 1.41 bits per heavy atom. The summed E-state index contributed by atoms with van der Waals surface area (Å²) in [6.45, 7) is 3.10. The van der Waals surface area contributed by atoms with Crippen LogP contribution in [0.3, 0.4) is 0 Å². The molecule has 0 spiro atoms. The normalized spacial score (nSPS) is 10.6. The van der Waals surface area contributed by atoms with E-state index < -0.39 is 4.84 Å². The summed E-state index contributed by atoms with van der Waals surface area (Å²) < 4.78 is 0. The van der Waals surface area contributed by atoms with Crippen molar-refractivity contribution in [2.24, 2.45) is 0 Å². The van der Waals surface area contributed by atoms with Gasteiger partial charge in [-0.25, -0.2) is 0 Å². The van der Waals surface area contributed by atoms with Crippen molar-refractivity contribution < 1.29 is 4.79 Å². The number of hydrogen-bond acceptors (Lipinski definition) is 1. The number of hydrogen-bond donors (Lipinski definition) is 0. The Bertz CT molecular complexity index is 382. The highest BCUT2D eigenvalue weighted by molar-refractivity contribution is 6.53. The predicted molar refractivity (Wildman–Crippen MR) is 72.7 cm³/mol. The number of alkyl halides is 2. The summed E-state index contributed by atoms with van der Waals surface area (Å²) >= 11 is 17.1. The third-order valence-electron chi connectivity index (χ3n) is 2.25. The highest BCUT2D eigenvalue weighted by Gasteiger charge is 2.19. The number of amides is 1. The number of benzene rings is 1. The molecule has 0 saturated carbocycles. The minimum Gasteiger partial charge on any atom is -0.336 e. The van der Waals surface area contributed by atoms with Gasteiger partial charge in [-0.15, -0.1) is 0 Å². The van der Waals surface area contributed by atoms with Gasteiger partial charge in [0.1, 0.15) is 0 Å². The standard InChI is InChI=1S/C12H14Cl3NO/c1-2-6-16(12(17)11(14)15)8-9-4-3-5-10(13)7-9/h3-5,7,11H,2,6,8H2,1H3. The molecule has 0 heterocycles. The molecule has 2 nitrogen and oxygen atoms in total. The molecule has 0 radical (unpaired) electrons. The summed E-state index contributed by atoms with van der Waals surface area (Å²) in [7, 11) is 0. The van der Waals surface area contributed by atoms with Crippen LogP contribution in [0.5, 0.6) is 0 Å². The molecule has 1 rings (SSSR count). The van der Waals surface area contributed by atoms with E-state index in [1.54, 1.807) is 11.0 Å². The first-order valence-electron chi connectivity index (χ1n) is 5.36. The van der Waals surface area contributed by atoms with E-state index in [-0.39, 0.29) is 5.91 Å². The molecule has 17 heavy (non-hydrogen) atoms. The first-order valence-corrected chi connectivity index (χ1v) is 6.61. The zero-order valence-electron chi connectivity index (χ0n) is 9.50. The van der Waals surface area contributed by atoms with Crippen LogP contribution in [0, 0.1) is 0 Å². The molecular formula is C12H14Cl3NO. The van der Waals surface area contributed by atoms with Crippen molar-refractivity contribution in [2.45, 2.75) is 24.7 Å². The lowest BCUT2D eigenvalue weighted by molar-refractivity contribution is -0.130. The van der Waals surface area contributed by atoms with Gasteiger partial charge in [-0.05, 0) is 24.1 Å². The summed E-state index contributed by atoms with van der Waals surface area (Å²) in [5.74, 6) is -0.268. The fraction of sp³-hybridized carbons (Fsp3) is 0.417. The van der Waals surface area contributed by atoms with Gasteiger partial charge in [-0.2, -0.15) is 0 Å². The maximum atomic E-state index is 11.8. The molecule has 1 aromatic carbocycles. The second-order valence-corrected chi connectivity index (χ2v) is 5.22. The van der Waals surface area contributed by atoms with Gasteiger partial charge in [0.2, 0.25) is 0 Å². The van der Waals surface area contributed by atoms with Gasteiger partial charge in [0, 0.05) is 18.1 Å². The molecule has 1 aromatic rings. The highest BCUT2D eigenvalue weighted by atomic mass is 35.5. The second kappa shape index (κ2) is 7.10. The highest BCUT2D eigenvalue weighted by Crippen LogP contribution is 2.15. The smallest absolute Gasteiger partial charge is 0.256 e. The Kier molecular flexibility index (Phi) is 6.10. The molecule has 0 fully saturated rings. The van der Waals surface area contributed by atoms with Crippen LogP contribution in [0.2, 0.25) is 5.02 Å². The summed E-state index contributed by atoms with van der Waals surface area (Å²) in [6, 6.07) is 7.39. The van der Waals surface area contributed by atoms with E-state index >= 15 is 0 Å². The van der Waals surface area contributed by atoms with Gasteiger partial charge in [0.05, 0.1) is 0 Å². The molecule has 0 aliphatic heterocycles. The molecule has 1 amide bonds. The molecule has 0 aliphatic carbocycles. The fourth-order valence-electron chi connectivity index (χ4n) is 1.53. The van der Waals surface area contributed by atoms with Gasteiger partial charge >= 0.3 is 0 Å². The van der Waals surface area contributed by atoms with Crippen LogP contribution in [0.25, 0.3) is 0 Å². The largest absolute Gasteiger partial charge is 0.336 e. The maximum absolute atomic E-state index is 11.8. The number of halogens is 3. The van der Waals surface area contributed by atoms with Gasteiger partial charge in [0.25, 0.3) is 5.91 Å². The van der Waals surface area contributed by atoms with Crippen molar-refractivity contribution in [2.75, 3.05) is 6.54 Å². The summed E-state index contributed by atoms with van der Waals surface area (Å²) in [6.07, 6.45) is 0.854. The molecule has 0 N–H and O–H groups in total. The predicted octanol–water partition coefficient (Wildman–Crippen LogP) is 3.88. The molecule has 94 valence electrons. The average molecular weight is 295 g/mol. The van der Waals surface area contributed by atoms with Gasteiger partial charge in [-0.3, -0.25) is 4.79 Å². The topological polar surface area (TPSA) is 20.3 Å². The van der Waals surface area contributed by atoms with E-state index in [2.05, 4.69) is 0 Å². The number of rotatable bonds is 5. The van der Waals surface area contributed by atoms with Crippen LogP contribution in [-0.2, 0) is 11.3 Å². The first kappa shape index (κ1) is 14.6. The van der Waals surface area contributed by atoms with E-state index in [0.29, 0.717) is 18.1 Å². The van der Waals surface area contributed by atoms with Crippen molar-refractivity contribution in [1.82, 2.24) is 4.90 Å². The zero-order chi connectivity index (χ0) is 12.8. The number of carbonyl (C=O) groups is 1. The van der Waals surface area contributed by atoms with Crippen LogP contribution in [-0.4, -0.2) is 22.2 Å². The van der Waals surface area contributed by atoms with Gasteiger partial charge in [-0.1, -0.05) is 53.9 Å². The van der Waals surface area contributed by atoms with Crippen molar-refractivity contribution in [3.8, 4) is 0 Å². The first-order chi connectivity index (χ1) is 8.04. The Morgan fingerprint density at radius 2 is 2.12 bits per heavy atom. The minimum atomic E-state index is -1.01. The molecule has 0 saturated heterocycles. The van der Waals surface area contributed by atoms with E-state index in [4.69, 9.17) is 34.8 Å². The fourth-order valence-corrected chi connectivity index (χ4v) is 2.02. The van der Waals surface area contributed by atoms with Crippen molar-refractivity contribution in [3.63, 3.8) is 0 Å². The van der Waals surface area contributed by atoms with Crippen LogP contribution >= 0.6 is 34.8 Å². The average Bonchev–Trinajstić information content (AvgIpc) is 2.27. The SMILES string of the molecule is CCCN(Cc1cccc(Cl)c1)C(=O)C(Cl)Cl. The van der Waals surface area contributed by atoms with E-state index in [1.807, 2.05) is 25.1 Å². The summed E-state index contributed by atoms with van der Waals surface area (Å²) in [4.78, 5) is 12.4. The van der Waals surface area contributed by atoms with Crippen molar-refractivity contribution in [1.29, 1.82) is 0 Å². The summed E-state index contributed by atoms with van der Waals surface area (Å²) in [5.41, 5.74) is 0.966. The molecule has 5 heteroatoms. The lowest BCUT2D eigenvalue weighted by Gasteiger charge is -2.22. The Labute approximate surface area is 116 Å². The second-order valence-electron chi connectivity index (χ2n) is 3.69. The Morgan fingerprint density at radius 3 is 2.65 bits per heavy atom. The summed E-state index contributed by atoms with van der Waals surface area (Å²) in [5, 5.41) is 0.652. The molecule has 0 bridgehead atoms. The maximum Gasteiger partial charge on any atom is 0.256 e. The molecule has 0 unspecified atom stereocenters. The van der Waals surface area contributed by atoms with E-state index in [1.165, 1.54) is 0 Å². The van der Waals surface area contributed by atoms with E-state index in [0.717, 1.165) is 12.0 Å². The Balaban J connectivity index is 2.76. The number of carbonyl (C=O) groups excluding carboxylic acids is 1. The zero-order valence-corrected chi connectivity index (χ0v) is 11.8. The third kappa shape index (κ3) is 4.74. The van der Waals surface area contributed by atoms with Crippen molar-refractivity contribution in [3.05, 3.63) is 34.9 Å². The lowest BCUT2D eigenvalue weighted by atomic mass is 10.2. The van der Waals surface area contributed by atoms with Crippen molar-refractivity contribution >= 4 is 40.7 Å². The van der Waals surface area contributed by atoms with Crippen LogP contribution in [0.15, 0.2) is 24.3 Å². The molecule has 0 atom stereocenters. The van der Waals surface area contributed by atoms with Crippen LogP contribution in [0.4, 0.5) is 0 Å². The monoisotopic (exact) mass is 293 g/mol. The Hall–Kier alpha value is -0.440. The third-order valence-corrected chi connectivity index (χ3v) is 2.86. The molecule has 0 aliphatic rings. The quantitative estimate of drug-likeness (QED) is 0.755. The minimum absolute atomic E-state index is 0.268. The van der Waals surface area contributed by atoms with Gasteiger partial charge in [0.15, 0.2) is 4.84 Å². The van der Waals surface area contributed by atoms with Gasteiger partial charge < -0.3 is 4.90 Å². The lowest BCUT2D eigenvalue weighted by Crippen LogP contribution is -2.35. The van der Waals surface area contributed by atoms with E-state index in [9.17, 15) is 4.79 Å². The molecular weight excluding hydrogens is 280 g/mol. The molecule has 0 aromatic heterocycles. The van der Waals surface area contributed by atoms with Crippen LogP contribution in [0.1, 0.15) is 18.9 Å².